The van der Waals surface area contributed by atoms with E-state index in [9.17, 15) is 4.79 Å². The fourth-order valence-electron chi connectivity index (χ4n) is 1.66. The quantitative estimate of drug-likeness (QED) is 0.727. The molecule has 0 fully saturated rings. The second kappa shape index (κ2) is 4.06. The van der Waals surface area contributed by atoms with Gasteiger partial charge in [-0.3, -0.25) is 4.79 Å². The van der Waals surface area contributed by atoms with Crippen LogP contribution in [0.5, 0.6) is 5.75 Å². The topological polar surface area (TPSA) is 38.7 Å². The Morgan fingerprint density at radius 2 is 2.27 bits per heavy atom. The van der Waals surface area contributed by atoms with Gasteiger partial charge in [0.1, 0.15) is 10.8 Å². The van der Waals surface area contributed by atoms with Crippen LogP contribution in [0.15, 0.2) is 23.2 Å². The predicted molar refractivity (Wildman–Crippen MR) is 61.8 cm³/mol. The number of hydrogen-bond donors (Lipinski definition) is 0. The van der Waals surface area contributed by atoms with E-state index in [1.54, 1.807) is 7.11 Å². The predicted octanol–water partition coefficient (Wildman–Crippen LogP) is 1.89. The molecular formula is C11H11NO2S. The number of carbonyl (C=O) groups is 1. The smallest absolute Gasteiger partial charge is 0.251 e. The molecule has 0 atom stereocenters. The first-order chi connectivity index (χ1) is 7.26. The lowest BCUT2D eigenvalue weighted by molar-refractivity contribution is -0.117. The lowest BCUT2D eigenvalue weighted by Gasteiger charge is -2.16. The Labute approximate surface area is 92.5 Å². The number of amides is 1. The van der Waals surface area contributed by atoms with Crippen molar-refractivity contribution in [2.45, 2.75) is 6.42 Å². The summed E-state index contributed by atoms with van der Waals surface area (Å²) < 4.78 is 5.24. The Balaban J connectivity index is 2.59. The summed E-state index contributed by atoms with van der Waals surface area (Å²) in [7, 11) is 1.62. The molecule has 0 aromatic heterocycles. The molecule has 1 heterocycles. The normalized spacial score (nSPS) is 14.5. The van der Waals surface area contributed by atoms with E-state index in [2.05, 4.69) is 4.99 Å². The van der Waals surface area contributed by atoms with Crippen LogP contribution in [0.4, 0.5) is 0 Å². The molecule has 0 saturated carbocycles. The average Bonchev–Trinajstić information content (AvgIpc) is 2.27. The Bertz CT molecular complexity index is 440. The van der Waals surface area contributed by atoms with E-state index >= 15 is 0 Å². The lowest BCUT2D eigenvalue weighted by atomic mass is 10.0. The van der Waals surface area contributed by atoms with E-state index in [4.69, 9.17) is 4.74 Å². The van der Waals surface area contributed by atoms with E-state index in [0.717, 1.165) is 21.9 Å². The van der Waals surface area contributed by atoms with Gasteiger partial charge in [-0.2, -0.15) is 0 Å². The van der Waals surface area contributed by atoms with Crippen LogP contribution in [0.25, 0.3) is 0 Å². The number of methoxy groups -OCH3 is 1. The molecule has 0 unspecified atom stereocenters. The molecule has 2 rings (SSSR count). The highest BCUT2D eigenvalue weighted by Crippen LogP contribution is 2.29. The molecule has 0 saturated heterocycles. The van der Waals surface area contributed by atoms with Gasteiger partial charge in [-0.05, 0) is 12.3 Å². The number of hydrogen-bond acceptors (Lipinski definition) is 3. The molecule has 0 spiro atoms. The summed E-state index contributed by atoms with van der Waals surface area (Å²) in [6, 6.07) is 5.76. The fourth-order valence-corrected chi connectivity index (χ4v) is 2.26. The highest BCUT2D eigenvalue weighted by atomic mass is 32.2. The Kier molecular flexibility index (Phi) is 2.77. The van der Waals surface area contributed by atoms with E-state index in [1.807, 2.05) is 24.5 Å². The van der Waals surface area contributed by atoms with Gasteiger partial charge < -0.3 is 4.74 Å². The zero-order chi connectivity index (χ0) is 10.8. The van der Waals surface area contributed by atoms with Crippen molar-refractivity contribution in [2.75, 3.05) is 13.4 Å². The molecule has 78 valence electrons. The molecule has 4 heteroatoms. The Morgan fingerprint density at radius 1 is 1.47 bits per heavy atom. The van der Waals surface area contributed by atoms with E-state index in [0.29, 0.717) is 6.42 Å². The minimum absolute atomic E-state index is 0.101. The number of ether oxygens (including phenoxy) is 1. The summed E-state index contributed by atoms with van der Waals surface area (Å²) in [5.41, 5.74) is 1.96. The third kappa shape index (κ3) is 1.77. The van der Waals surface area contributed by atoms with Gasteiger partial charge in [-0.1, -0.05) is 12.1 Å². The van der Waals surface area contributed by atoms with E-state index in [1.165, 1.54) is 11.8 Å². The van der Waals surface area contributed by atoms with Crippen LogP contribution in [0.3, 0.4) is 0 Å². The maximum absolute atomic E-state index is 11.4. The van der Waals surface area contributed by atoms with Crippen molar-refractivity contribution in [1.82, 2.24) is 0 Å². The van der Waals surface area contributed by atoms with Gasteiger partial charge in [-0.15, -0.1) is 11.8 Å². The van der Waals surface area contributed by atoms with Gasteiger partial charge in [-0.25, -0.2) is 4.99 Å². The monoisotopic (exact) mass is 221 g/mol. The van der Waals surface area contributed by atoms with Crippen LogP contribution < -0.4 is 4.74 Å². The maximum Gasteiger partial charge on any atom is 0.251 e. The minimum atomic E-state index is -0.101. The number of rotatable bonds is 1. The largest absolute Gasteiger partial charge is 0.496 e. The van der Waals surface area contributed by atoms with E-state index < -0.39 is 0 Å². The van der Waals surface area contributed by atoms with Crippen LogP contribution >= 0.6 is 11.8 Å². The first-order valence-corrected chi connectivity index (χ1v) is 5.80. The molecule has 1 aromatic rings. The van der Waals surface area contributed by atoms with E-state index in [-0.39, 0.29) is 5.91 Å². The van der Waals surface area contributed by atoms with Crippen molar-refractivity contribution in [2.24, 2.45) is 4.99 Å². The molecule has 1 aliphatic heterocycles. The summed E-state index contributed by atoms with van der Waals surface area (Å²) in [6.07, 6.45) is 2.25. The van der Waals surface area contributed by atoms with Crippen LogP contribution in [-0.2, 0) is 11.2 Å². The summed E-state index contributed by atoms with van der Waals surface area (Å²) in [5.74, 6) is 0.665. The maximum atomic E-state index is 11.4. The Hall–Kier alpha value is -1.29. The number of benzene rings is 1. The zero-order valence-corrected chi connectivity index (χ0v) is 9.43. The molecule has 0 radical (unpaired) electrons. The second-order valence-corrected chi connectivity index (χ2v) is 3.97. The van der Waals surface area contributed by atoms with Crippen molar-refractivity contribution in [1.29, 1.82) is 0 Å². The Morgan fingerprint density at radius 3 is 2.93 bits per heavy atom. The summed E-state index contributed by atoms with van der Waals surface area (Å²) in [5, 5.41) is 0.778. The number of aliphatic imine (C=N–C) groups is 1. The number of carbonyl (C=O) groups excluding carboxylic acids is 1. The molecule has 3 nitrogen and oxygen atoms in total. The van der Waals surface area contributed by atoms with Gasteiger partial charge in [0.15, 0.2) is 0 Å². The highest BCUT2D eigenvalue weighted by molar-refractivity contribution is 8.13. The number of fused-ring (bicyclic) bond motifs is 1. The van der Waals surface area contributed by atoms with Crippen molar-refractivity contribution in [3.63, 3.8) is 0 Å². The van der Waals surface area contributed by atoms with Crippen LogP contribution in [0, 0.1) is 0 Å². The van der Waals surface area contributed by atoms with Crippen molar-refractivity contribution >= 4 is 22.7 Å². The van der Waals surface area contributed by atoms with Crippen molar-refractivity contribution in [3.8, 4) is 5.75 Å². The first kappa shape index (κ1) is 10.2. The molecule has 1 aliphatic rings. The highest BCUT2D eigenvalue weighted by Gasteiger charge is 2.21. The minimum Gasteiger partial charge on any atom is -0.496 e. The van der Waals surface area contributed by atoms with Crippen LogP contribution in [-0.4, -0.2) is 24.3 Å². The van der Waals surface area contributed by atoms with Gasteiger partial charge in [0.25, 0.3) is 5.91 Å². The van der Waals surface area contributed by atoms with Crippen LogP contribution in [0.2, 0.25) is 0 Å². The second-order valence-electron chi connectivity index (χ2n) is 3.18. The molecule has 0 aliphatic carbocycles. The van der Waals surface area contributed by atoms with Gasteiger partial charge in [0, 0.05) is 11.1 Å². The molecule has 15 heavy (non-hydrogen) atoms. The third-order valence-electron chi connectivity index (χ3n) is 2.33. The summed E-state index contributed by atoms with van der Waals surface area (Å²) in [6.45, 7) is 0. The summed E-state index contributed by atoms with van der Waals surface area (Å²) >= 11 is 1.48. The van der Waals surface area contributed by atoms with Gasteiger partial charge in [0.2, 0.25) is 0 Å². The average molecular weight is 221 g/mol. The van der Waals surface area contributed by atoms with Crippen LogP contribution in [0.1, 0.15) is 11.1 Å². The number of nitrogens with zero attached hydrogens (tertiary/aromatic N) is 1. The summed E-state index contributed by atoms with van der Waals surface area (Å²) in [4.78, 5) is 15.4. The SMILES string of the molecule is COc1cccc2c1CC(=O)N=C2SC. The number of thioether (sulfide) groups is 1. The molecule has 0 bridgehead atoms. The lowest BCUT2D eigenvalue weighted by Crippen LogP contribution is -2.15. The van der Waals surface area contributed by atoms with Crippen molar-refractivity contribution in [3.05, 3.63) is 29.3 Å². The van der Waals surface area contributed by atoms with Crippen molar-refractivity contribution < 1.29 is 9.53 Å². The standard InChI is InChI=1S/C11H11NO2S/c1-14-9-5-3-4-7-8(9)6-10(13)12-11(7)15-2/h3-5H,6H2,1-2H3. The van der Waals surface area contributed by atoms with Gasteiger partial charge >= 0.3 is 0 Å². The molecule has 1 amide bonds. The zero-order valence-electron chi connectivity index (χ0n) is 8.61. The third-order valence-corrected chi connectivity index (χ3v) is 3.03. The molecule has 0 N–H and O–H groups in total. The molecular weight excluding hydrogens is 210 g/mol. The van der Waals surface area contributed by atoms with Gasteiger partial charge in [0.05, 0.1) is 13.5 Å². The fraction of sp³-hybridized carbons (Fsp3) is 0.273. The first-order valence-electron chi connectivity index (χ1n) is 4.58. The molecule has 1 aromatic carbocycles.